The van der Waals surface area contributed by atoms with E-state index in [1.165, 1.54) is 12.8 Å². The van der Waals surface area contributed by atoms with Gasteiger partial charge >= 0.3 is 0 Å². The molecule has 0 aromatic rings. The largest absolute Gasteiger partial charge is 0.343 e. The Kier molecular flexibility index (Phi) is 5.22. The Morgan fingerprint density at radius 3 is 2.58 bits per heavy atom. The van der Waals surface area contributed by atoms with Gasteiger partial charge in [-0.05, 0) is 58.2 Å². The molecule has 2 unspecified atom stereocenters. The minimum atomic E-state index is 0.320. The van der Waals surface area contributed by atoms with Crippen molar-refractivity contribution >= 4 is 5.91 Å². The Balaban J connectivity index is 1.78. The molecular weight excluding hydrogens is 238 g/mol. The number of nitrogens with two attached hydrogens (primary N) is 1. The molecule has 1 heterocycles. The molecule has 4 heteroatoms. The summed E-state index contributed by atoms with van der Waals surface area (Å²) in [6, 6.07) is 0.765. The van der Waals surface area contributed by atoms with Gasteiger partial charge in [-0.25, -0.2) is 0 Å². The van der Waals surface area contributed by atoms with E-state index in [9.17, 15) is 4.79 Å². The van der Waals surface area contributed by atoms with Gasteiger partial charge < -0.3 is 15.5 Å². The highest BCUT2D eigenvalue weighted by molar-refractivity contribution is 5.76. The molecule has 0 aromatic heterocycles. The van der Waals surface area contributed by atoms with Crippen LogP contribution in [0.15, 0.2) is 0 Å². The van der Waals surface area contributed by atoms with E-state index < -0.39 is 0 Å². The zero-order valence-corrected chi connectivity index (χ0v) is 12.5. The highest BCUT2D eigenvalue weighted by Gasteiger charge is 2.27. The third-order valence-electron chi connectivity index (χ3n) is 4.92. The van der Waals surface area contributed by atoms with Crippen LogP contribution in [0.4, 0.5) is 0 Å². The van der Waals surface area contributed by atoms with Crippen LogP contribution in [0.25, 0.3) is 0 Å². The highest BCUT2D eigenvalue weighted by Crippen LogP contribution is 2.27. The fraction of sp³-hybridized carbons (Fsp3) is 0.933. The normalized spacial score (nSPS) is 30.3. The molecule has 2 aliphatic rings. The van der Waals surface area contributed by atoms with Crippen molar-refractivity contribution in [1.82, 2.24) is 9.80 Å². The summed E-state index contributed by atoms with van der Waals surface area (Å²) in [5, 5.41) is 0. The fourth-order valence-corrected chi connectivity index (χ4v) is 3.49. The molecule has 2 fully saturated rings. The van der Waals surface area contributed by atoms with Crippen LogP contribution in [-0.2, 0) is 4.79 Å². The molecule has 19 heavy (non-hydrogen) atoms. The Morgan fingerprint density at radius 2 is 1.95 bits per heavy atom. The summed E-state index contributed by atoms with van der Waals surface area (Å²) in [6.07, 6.45) is 7.47. The molecule has 2 N–H and O–H groups in total. The first-order valence-corrected chi connectivity index (χ1v) is 7.76. The SMILES string of the molecule is CN1CCC(N(C)C(=O)CC2CCCC(N)C2)CC1. The van der Waals surface area contributed by atoms with Crippen molar-refractivity contribution in [2.24, 2.45) is 11.7 Å². The average molecular weight is 267 g/mol. The lowest BCUT2D eigenvalue weighted by Crippen LogP contribution is -2.45. The molecule has 110 valence electrons. The van der Waals surface area contributed by atoms with Gasteiger partial charge in [0.15, 0.2) is 0 Å². The summed E-state index contributed by atoms with van der Waals surface area (Å²) < 4.78 is 0. The fourth-order valence-electron chi connectivity index (χ4n) is 3.49. The zero-order chi connectivity index (χ0) is 13.8. The van der Waals surface area contributed by atoms with E-state index >= 15 is 0 Å². The van der Waals surface area contributed by atoms with Gasteiger partial charge in [0.2, 0.25) is 5.91 Å². The molecule has 2 atom stereocenters. The number of carbonyl (C=O) groups is 1. The summed E-state index contributed by atoms with van der Waals surface area (Å²) in [5.74, 6) is 0.846. The quantitative estimate of drug-likeness (QED) is 0.842. The van der Waals surface area contributed by atoms with Crippen LogP contribution in [0.3, 0.4) is 0 Å². The van der Waals surface area contributed by atoms with E-state index in [4.69, 9.17) is 5.73 Å². The van der Waals surface area contributed by atoms with Gasteiger partial charge in [-0.1, -0.05) is 6.42 Å². The van der Waals surface area contributed by atoms with E-state index in [0.717, 1.165) is 38.8 Å². The first-order valence-electron chi connectivity index (χ1n) is 7.76. The lowest BCUT2D eigenvalue weighted by Gasteiger charge is -2.36. The molecule has 1 saturated heterocycles. The van der Waals surface area contributed by atoms with Crippen LogP contribution in [0.2, 0.25) is 0 Å². The van der Waals surface area contributed by atoms with Crippen LogP contribution in [-0.4, -0.2) is 55.0 Å². The van der Waals surface area contributed by atoms with Crippen molar-refractivity contribution < 1.29 is 4.79 Å². The number of carbonyl (C=O) groups excluding carboxylic acids is 1. The van der Waals surface area contributed by atoms with Crippen molar-refractivity contribution in [3.05, 3.63) is 0 Å². The Labute approximate surface area is 117 Å². The second-order valence-corrected chi connectivity index (χ2v) is 6.54. The number of piperidine rings is 1. The maximum atomic E-state index is 12.4. The Bertz CT molecular complexity index is 300. The third-order valence-corrected chi connectivity index (χ3v) is 4.92. The van der Waals surface area contributed by atoms with Crippen LogP contribution in [0.1, 0.15) is 44.9 Å². The van der Waals surface area contributed by atoms with Gasteiger partial charge in [0, 0.05) is 25.6 Å². The monoisotopic (exact) mass is 267 g/mol. The van der Waals surface area contributed by atoms with Crippen LogP contribution in [0, 0.1) is 5.92 Å². The van der Waals surface area contributed by atoms with Crippen LogP contribution in [0.5, 0.6) is 0 Å². The summed E-state index contributed by atoms with van der Waals surface area (Å²) >= 11 is 0. The maximum absolute atomic E-state index is 12.4. The van der Waals surface area contributed by atoms with Gasteiger partial charge in [0.1, 0.15) is 0 Å². The molecule has 1 aliphatic heterocycles. The number of rotatable bonds is 3. The first kappa shape index (κ1) is 14.8. The zero-order valence-electron chi connectivity index (χ0n) is 12.5. The van der Waals surface area contributed by atoms with E-state index in [0.29, 0.717) is 30.3 Å². The van der Waals surface area contributed by atoms with Crippen molar-refractivity contribution in [2.75, 3.05) is 27.2 Å². The Hall–Kier alpha value is -0.610. The van der Waals surface area contributed by atoms with Gasteiger partial charge in [-0.3, -0.25) is 4.79 Å². The average Bonchev–Trinajstić information content (AvgIpc) is 2.39. The molecule has 0 bridgehead atoms. The molecule has 1 saturated carbocycles. The van der Waals surface area contributed by atoms with Gasteiger partial charge in [-0.15, -0.1) is 0 Å². The van der Waals surface area contributed by atoms with E-state index in [1.807, 2.05) is 11.9 Å². The van der Waals surface area contributed by atoms with Gasteiger partial charge in [0.05, 0.1) is 0 Å². The maximum Gasteiger partial charge on any atom is 0.222 e. The van der Waals surface area contributed by atoms with Crippen molar-refractivity contribution in [3.8, 4) is 0 Å². The molecule has 4 nitrogen and oxygen atoms in total. The van der Waals surface area contributed by atoms with Crippen molar-refractivity contribution in [2.45, 2.75) is 57.0 Å². The lowest BCUT2D eigenvalue weighted by molar-refractivity contribution is -0.134. The van der Waals surface area contributed by atoms with E-state index in [1.54, 1.807) is 0 Å². The molecule has 2 rings (SSSR count). The van der Waals surface area contributed by atoms with Crippen molar-refractivity contribution in [1.29, 1.82) is 0 Å². The number of amides is 1. The minimum absolute atomic E-state index is 0.320. The predicted molar refractivity (Wildman–Crippen MR) is 77.8 cm³/mol. The van der Waals surface area contributed by atoms with Crippen molar-refractivity contribution in [3.63, 3.8) is 0 Å². The second kappa shape index (κ2) is 6.71. The first-order chi connectivity index (χ1) is 9.06. The van der Waals surface area contributed by atoms with Crippen LogP contribution < -0.4 is 5.73 Å². The highest BCUT2D eigenvalue weighted by atomic mass is 16.2. The van der Waals surface area contributed by atoms with Gasteiger partial charge in [-0.2, -0.15) is 0 Å². The van der Waals surface area contributed by atoms with E-state index in [-0.39, 0.29) is 0 Å². The number of hydrogen-bond donors (Lipinski definition) is 1. The number of likely N-dealkylation sites (tertiary alicyclic amines) is 1. The predicted octanol–water partition coefficient (Wildman–Crippen LogP) is 1.45. The molecule has 0 aromatic carbocycles. The minimum Gasteiger partial charge on any atom is -0.343 e. The molecule has 1 aliphatic carbocycles. The Morgan fingerprint density at radius 1 is 1.26 bits per heavy atom. The molecule has 1 amide bonds. The summed E-state index contributed by atoms with van der Waals surface area (Å²) in [4.78, 5) is 16.7. The summed E-state index contributed by atoms with van der Waals surface area (Å²) in [7, 11) is 4.14. The third kappa shape index (κ3) is 4.18. The smallest absolute Gasteiger partial charge is 0.222 e. The molecule has 0 radical (unpaired) electrons. The second-order valence-electron chi connectivity index (χ2n) is 6.54. The molecular formula is C15H29N3O. The van der Waals surface area contributed by atoms with E-state index in [2.05, 4.69) is 11.9 Å². The van der Waals surface area contributed by atoms with Crippen LogP contribution >= 0.6 is 0 Å². The standard InChI is InChI=1S/C15H29N3O/c1-17-8-6-14(7-9-17)18(2)15(19)11-12-4-3-5-13(16)10-12/h12-14H,3-11,16H2,1-2H3. The summed E-state index contributed by atoms with van der Waals surface area (Å²) in [5.41, 5.74) is 6.00. The topological polar surface area (TPSA) is 49.6 Å². The lowest BCUT2D eigenvalue weighted by atomic mass is 9.84. The number of nitrogens with zero attached hydrogens (tertiary/aromatic N) is 2. The van der Waals surface area contributed by atoms with Gasteiger partial charge in [0.25, 0.3) is 0 Å². The summed E-state index contributed by atoms with van der Waals surface area (Å²) in [6.45, 7) is 2.22. The molecule has 0 spiro atoms. The number of hydrogen-bond acceptors (Lipinski definition) is 3.